The number of hydrogen-bond acceptors (Lipinski definition) is 6. The van der Waals surface area contributed by atoms with Crippen LogP contribution in [0.15, 0.2) is 0 Å². The maximum Gasteiger partial charge on any atom is 0.322 e. The number of primary amides is 1. The van der Waals surface area contributed by atoms with Crippen LogP contribution < -0.4 is 22.1 Å². The van der Waals surface area contributed by atoms with Crippen LogP contribution in [0.5, 0.6) is 0 Å². The largest absolute Gasteiger partial charge is 0.480 e. The van der Waals surface area contributed by atoms with Crippen molar-refractivity contribution in [2.24, 2.45) is 17.4 Å². The van der Waals surface area contributed by atoms with Gasteiger partial charge in [-0.3, -0.25) is 24.0 Å². The number of amides is 4. The fourth-order valence-corrected chi connectivity index (χ4v) is 3.11. The Morgan fingerprint density at radius 2 is 1.90 bits per heavy atom. The number of nitrogens with two attached hydrogens (primary N) is 2. The third kappa shape index (κ3) is 7.33. The van der Waals surface area contributed by atoms with Crippen LogP contribution in [0.4, 0.5) is 0 Å². The summed E-state index contributed by atoms with van der Waals surface area (Å²) in [7, 11) is 0. The van der Waals surface area contributed by atoms with Gasteiger partial charge in [-0.15, -0.1) is 0 Å². The topological polar surface area (TPSA) is 185 Å². The molecule has 1 aliphatic rings. The van der Waals surface area contributed by atoms with Gasteiger partial charge in [0.2, 0.25) is 23.6 Å². The first-order chi connectivity index (χ1) is 13.6. The Kier molecular flexibility index (Phi) is 9.53. The van der Waals surface area contributed by atoms with E-state index in [1.165, 1.54) is 4.90 Å². The molecule has 0 bridgehead atoms. The molecule has 4 amide bonds. The molecule has 1 rings (SSSR count). The lowest BCUT2D eigenvalue weighted by molar-refractivity contribution is -0.143. The minimum absolute atomic E-state index is 0.0207. The summed E-state index contributed by atoms with van der Waals surface area (Å²) in [4.78, 5) is 60.9. The van der Waals surface area contributed by atoms with Crippen molar-refractivity contribution in [3.05, 3.63) is 0 Å². The van der Waals surface area contributed by atoms with Gasteiger partial charge in [0.25, 0.3) is 0 Å². The molecular weight excluding hydrogens is 382 g/mol. The third-order valence-corrected chi connectivity index (χ3v) is 5.11. The van der Waals surface area contributed by atoms with Crippen LogP contribution in [-0.2, 0) is 24.0 Å². The average Bonchev–Trinajstić information content (AvgIpc) is 3.16. The lowest BCUT2D eigenvalue weighted by atomic mass is 9.98. The van der Waals surface area contributed by atoms with Crippen molar-refractivity contribution in [3.63, 3.8) is 0 Å². The highest BCUT2D eigenvalue weighted by atomic mass is 16.4. The summed E-state index contributed by atoms with van der Waals surface area (Å²) in [6.07, 6.45) is 1.46. The van der Waals surface area contributed by atoms with Crippen molar-refractivity contribution in [2.75, 3.05) is 13.1 Å². The molecule has 4 atom stereocenters. The summed E-state index contributed by atoms with van der Waals surface area (Å²) in [5.74, 6) is -3.55. The Labute approximate surface area is 169 Å². The van der Waals surface area contributed by atoms with E-state index >= 15 is 0 Å². The zero-order valence-electron chi connectivity index (χ0n) is 16.8. The Morgan fingerprint density at radius 3 is 2.45 bits per heavy atom. The first kappa shape index (κ1) is 24.3. The number of nitrogens with zero attached hydrogens (tertiary/aromatic N) is 1. The van der Waals surface area contributed by atoms with Crippen molar-refractivity contribution in [2.45, 2.75) is 64.1 Å². The molecule has 0 aliphatic carbocycles. The lowest BCUT2D eigenvalue weighted by Gasteiger charge is -2.29. The van der Waals surface area contributed by atoms with Gasteiger partial charge in [-0.1, -0.05) is 20.3 Å². The molecule has 1 fully saturated rings. The number of rotatable bonds is 11. The van der Waals surface area contributed by atoms with Gasteiger partial charge in [0.15, 0.2) is 0 Å². The molecule has 0 radical (unpaired) electrons. The minimum Gasteiger partial charge on any atom is -0.480 e. The van der Waals surface area contributed by atoms with E-state index in [4.69, 9.17) is 16.6 Å². The first-order valence-electron chi connectivity index (χ1n) is 9.72. The van der Waals surface area contributed by atoms with Gasteiger partial charge < -0.3 is 32.1 Å². The highest BCUT2D eigenvalue weighted by molar-refractivity contribution is 5.94. The van der Waals surface area contributed by atoms with Crippen LogP contribution in [0.3, 0.4) is 0 Å². The number of aliphatic carboxylic acids is 1. The standard InChI is InChI=1S/C18H31N5O6/c1-3-10(2)15(20)17(28)22-11(6-7-13(19)24)18(29)23-8-4-5-12(23)16(27)21-9-14(25)26/h10-12,15H,3-9,20H2,1-2H3,(H2,19,24)(H,21,27)(H,22,28)(H,25,26). The van der Waals surface area contributed by atoms with Gasteiger partial charge in [0.1, 0.15) is 18.6 Å². The van der Waals surface area contributed by atoms with E-state index in [0.29, 0.717) is 19.3 Å². The second kappa shape index (κ2) is 11.3. The Morgan fingerprint density at radius 1 is 1.24 bits per heavy atom. The summed E-state index contributed by atoms with van der Waals surface area (Å²) in [6, 6.07) is -2.71. The van der Waals surface area contributed by atoms with Crippen LogP contribution in [-0.4, -0.2) is 70.8 Å². The van der Waals surface area contributed by atoms with Crippen LogP contribution in [0.2, 0.25) is 0 Å². The molecule has 1 aliphatic heterocycles. The molecule has 0 spiro atoms. The van der Waals surface area contributed by atoms with E-state index in [0.717, 1.165) is 0 Å². The maximum atomic E-state index is 13.0. The summed E-state index contributed by atoms with van der Waals surface area (Å²) in [5, 5.41) is 13.6. The Hall–Kier alpha value is -2.69. The number of carbonyl (C=O) groups is 5. The lowest BCUT2D eigenvalue weighted by Crippen LogP contribution is -2.56. The van der Waals surface area contributed by atoms with Gasteiger partial charge in [-0.25, -0.2) is 0 Å². The van der Waals surface area contributed by atoms with Crippen molar-refractivity contribution in [1.29, 1.82) is 0 Å². The van der Waals surface area contributed by atoms with Gasteiger partial charge >= 0.3 is 5.97 Å². The fourth-order valence-electron chi connectivity index (χ4n) is 3.11. The van der Waals surface area contributed by atoms with Crippen LogP contribution >= 0.6 is 0 Å². The van der Waals surface area contributed by atoms with Crippen molar-refractivity contribution >= 4 is 29.6 Å². The molecule has 0 aromatic heterocycles. The Bertz CT molecular complexity index is 640. The molecule has 164 valence electrons. The first-order valence-corrected chi connectivity index (χ1v) is 9.72. The molecule has 0 aromatic carbocycles. The quantitative estimate of drug-likeness (QED) is 0.267. The van der Waals surface area contributed by atoms with E-state index < -0.39 is 54.3 Å². The number of carboxylic acid groups (broad SMARTS) is 1. The second-order valence-corrected chi connectivity index (χ2v) is 7.28. The average molecular weight is 413 g/mol. The number of carboxylic acids is 1. The van der Waals surface area contributed by atoms with E-state index in [1.807, 2.05) is 13.8 Å². The molecule has 29 heavy (non-hydrogen) atoms. The number of carbonyl (C=O) groups excluding carboxylic acids is 4. The van der Waals surface area contributed by atoms with Gasteiger partial charge in [-0.2, -0.15) is 0 Å². The monoisotopic (exact) mass is 413 g/mol. The normalized spacial score (nSPS) is 19.1. The molecule has 1 saturated heterocycles. The number of likely N-dealkylation sites (tertiary alicyclic amines) is 1. The van der Waals surface area contributed by atoms with E-state index in [9.17, 15) is 24.0 Å². The van der Waals surface area contributed by atoms with Crippen LogP contribution in [0, 0.1) is 5.92 Å². The molecular formula is C18H31N5O6. The van der Waals surface area contributed by atoms with Crippen molar-refractivity contribution in [3.8, 4) is 0 Å². The zero-order chi connectivity index (χ0) is 22.1. The molecule has 7 N–H and O–H groups in total. The summed E-state index contributed by atoms with van der Waals surface area (Å²) in [5.41, 5.74) is 11.1. The Balaban J connectivity index is 2.91. The van der Waals surface area contributed by atoms with E-state index in [2.05, 4.69) is 10.6 Å². The van der Waals surface area contributed by atoms with Gasteiger partial charge in [0, 0.05) is 13.0 Å². The van der Waals surface area contributed by atoms with Crippen molar-refractivity contribution < 1.29 is 29.1 Å². The van der Waals surface area contributed by atoms with Gasteiger partial charge in [-0.05, 0) is 25.2 Å². The zero-order valence-corrected chi connectivity index (χ0v) is 16.8. The molecule has 11 heteroatoms. The maximum absolute atomic E-state index is 13.0. The van der Waals surface area contributed by atoms with Crippen LogP contribution in [0.1, 0.15) is 46.0 Å². The van der Waals surface area contributed by atoms with E-state index in [-0.39, 0.29) is 25.3 Å². The predicted molar refractivity (Wildman–Crippen MR) is 103 cm³/mol. The highest BCUT2D eigenvalue weighted by Crippen LogP contribution is 2.20. The molecule has 4 unspecified atom stereocenters. The smallest absolute Gasteiger partial charge is 0.322 e. The fraction of sp³-hybridized carbons (Fsp3) is 0.722. The third-order valence-electron chi connectivity index (χ3n) is 5.11. The summed E-state index contributed by atoms with van der Waals surface area (Å²) < 4.78 is 0. The molecule has 0 aromatic rings. The molecule has 1 heterocycles. The molecule has 11 nitrogen and oxygen atoms in total. The van der Waals surface area contributed by atoms with Crippen molar-refractivity contribution in [1.82, 2.24) is 15.5 Å². The summed E-state index contributed by atoms with van der Waals surface area (Å²) >= 11 is 0. The summed E-state index contributed by atoms with van der Waals surface area (Å²) in [6.45, 7) is 3.43. The minimum atomic E-state index is -1.19. The molecule has 0 saturated carbocycles. The highest BCUT2D eigenvalue weighted by Gasteiger charge is 2.38. The number of nitrogens with one attached hydrogen (secondary N) is 2. The number of hydrogen-bond donors (Lipinski definition) is 5. The van der Waals surface area contributed by atoms with Crippen LogP contribution in [0.25, 0.3) is 0 Å². The second-order valence-electron chi connectivity index (χ2n) is 7.28. The predicted octanol–water partition coefficient (Wildman–Crippen LogP) is -1.70. The van der Waals surface area contributed by atoms with E-state index in [1.54, 1.807) is 0 Å². The SMILES string of the molecule is CCC(C)C(N)C(=O)NC(CCC(N)=O)C(=O)N1CCCC1C(=O)NCC(=O)O. The van der Waals surface area contributed by atoms with Gasteiger partial charge in [0.05, 0.1) is 6.04 Å².